The highest BCUT2D eigenvalue weighted by Crippen LogP contribution is 2.33. The molecular formula is C21H16ClN5OS. The second-order valence-corrected chi connectivity index (χ2v) is 8.44. The number of thiophene rings is 1. The van der Waals surface area contributed by atoms with Crippen LogP contribution in [0.2, 0.25) is 5.02 Å². The van der Waals surface area contributed by atoms with E-state index in [0.717, 1.165) is 31.8 Å². The lowest BCUT2D eigenvalue weighted by Crippen LogP contribution is -2.28. The van der Waals surface area contributed by atoms with Gasteiger partial charge < -0.3 is 0 Å². The summed E-state index contributed by atoms with van der Waals surface area (Å²) in [6.45, 7) is 4.48. The van der Waals surface area contributed by atoms with Crippen molar-refractivity contribution in [3.63, 3.8) is 0 Å². The molecule has 0 saturated heterocycles. The van der Waals surface area contributed by atoms with Crippen LogP contribution < -0.4 is 5.69 Å². The van der Waals surface area contributed by atoms with Crippen LogP contribution in [0.1, 0.15) is 16.0 Å². The summed E-state index contributed by atoms with van der Waals surface area (Å²) in [4.78, 5) is 24.2. The van der Waals surface area contributed by atoms with Crippen molar-refractivity contribution in [1.82, 2.24) is 24.1 Å². The summed E-state index contributed by atoms with van der Waals surface area (Å²) >= 11 is 7.96. The summed E-state index contributed by atoms with van der Waals surface area (Å²) in [5.41, 5.74) is 3.15. The molecule has 5 rings (SSSR count). The first kappa shape index (κ1) is 18.0. The van der Waals surface area contributed by atoms with Gasteiger partial charge in [-0.2, -0.15) is 4.52 Å². The molecule has 0 radical (unpaired) electrons. The highest BCUT2D eigenvalue weighted by atomic mass is 35.5. The molecule has 29 heavy (non-hydrogen) atoms. The van der Waals surface area contributed by atoms with E-state index >= 15 is 0 Å². The SMILES string of the molecule is Cc1sc2c(c1C)c1nc(-c3ccncc3)nn1c(=O)n2Cc1ccccc1Cl. The molecule has 0 unspecified atom stereocenters. The fourth-order valence-corrected chi connectivity index (χ4v) is 4.77. The number of hydrogen-bond acceptors (Lipinski definition) is 5. The number of fused-ring (bicyclic) bond motifs is 3. The Morgan fingerprint density at radius 1 is 1.10 bits per heavy atom. The average molecular weight is 422 g/mol. The Kier molecular flexibility index (Phi) is 4.22. The van der Waals surface area contributed by atoms with E-state index in [1.807, 2.05) is 36.4 Å². The predicted octanol–water partition coefficient (Wildman–Crippen LogP) is 4.49. The van der Waals surface area contributed by atoms with Crippen molar-refractivity contribution in [1.29, 1.82) is 0 Å². The Labute approximate surface area is 175 Å². The molecule has 6 nitrogen and oxygen atoms in total. The minimum atomic E-state index is -0.235. The summed E-state index contributed by atoms with van der Waals surface area (Å²) in [7, 11) is 0. The Hall–Kier alpha value is -3.03. The largest absolute Gasteiger partial charge is 0.352 e. The topological polar surface area (TPSA) is 65.1 Å². The van der Waals surface area contributed by atoms with Crippen LogP contribution in [-0.2, 0) is 6.54 Å². The van der Waals surface area contributed by atoms with E-state index in [1.165, 1.54) is 4.52 Å². The van der Waals surface area contributed by atoms with E-state index in [-0.39, 0.29) is 5.69 Å². The van der Waals surface area contributed by atoms with Crippen LogP contribution in [0.5, 0.6) is 0 Å². The second kappa shape index (κ2) is 6.79. The number of hydrogen-bond donors (Lipinski definition) is 0. The number of rotatable bonds is 3. The molecule has 4 aromatic heterocycles. The first-order chi connectivity index (χ1) is 14.0. The van der Waals surface area contributed by atoms with Crippen molar-refractivity contribution >= 4 is 38.8 Å². The van der Waals surface area contributed by atoms with Gasteiger partial charge in [0.15, 0.2) is 11.5 Å². The predicted molar refractivity (Wildman–Crippen MR) is 116 cm³/mol. The van der Waals surface area contributed by atoms with E-state index in [9.17, 15) is 4.79 Å². The van der Waals surface area contributed by atoms with Crippen molar-refractivity contribution in [2.24, 2.45) is 0 Å². The average Bonchev–Trinajstić information content (AvgIpc) is 3.29. The first-order valence-corrected chi connectivity index (χ1v) is 10.3. The zero-order valence-electron chi connectivity index (χ0n) is 15.8. The molecule has 144 valence electrons. The summed E-state index contributed by atoms with van der Waals surface area (Å²) in [6, 6.07) is 11.2. The van der Waals surface area contributed by atoms with E-state index in [0.29, 0.717) is 23.0 Å². The molecule has 8 heteroatoms. The Morgan fingerprint density at radius 2 is 1.86 bits per heavy atom. The normalized spacial score (nSPS) is 11.6. The molecule has 5 aromatic rings. The highest BCUT2D eigenvalue weighted by Gasteiger charge is 2.20. The molecule has 0 aliphatic carbocycles. The van der Waals surface area contributed by atoms with Gasteiger partial charge in [-0.05, 0) is 43.2 Å². The molecule has 0 spiro atoms. The molecule has 0 N–H and O–H groups in total. The quantitative estimate of drug-likeness (QED) is 0.430. The number of aromatic nitrogens is 5. The van der Waals surface area contributed by atoms with Gasteiger partial charge in [0.25, 0.3) is 0 Å². The van der Waals surface area contributed by atoms with Crippen molar-refractivity contribution < 1.29 is 0 Å². The highest BCUT2D eigenvalue weighted by molar-refractivity contribution is 7.19. The number of halogens is 1. The number of benzene rings is 1. The Bertz CT molecular complexity index is 1430. The standard InChI is InChI=1S/C21H16ClN5OS/c1-12-13(2)29-20-17(12)19-24-18(14-7-9-23-10-8-14)25-27(19)21(28)26(20)11-15-5-3-4-6-16(15)22/h3-10H,11H2,1-2H3. The fourth-order valence-electron chi connectivity index (χ4n) is 3.43. The van der Waals surface area contributed by atoms with Crippen LogP contribution >= 0.6 is 22.9 Å². The van der Waals surface area contributed by atoms with Crippen molar-refractivity contribution in [3.8, 4) is 11.4 Å². The Balaban J connectivity index is 1.83. The van der Waals surface area contributed by atoms with Crippen LogP contribution in [0.25, 0.3) is 27.3 Å². The van der Waals surface area contributed by atoms with Crippen molar-refractivity contribution in [2.45, 2.75) is 20.4 Å². The molecule has 0 saturated carbocycles. The third-order valence-corrected chi connectivity index (χ3v) is 6.68. The lowest BCUT2D eigenvalue weighted by atomic mass is 10.2. The van der Waals surface area contributed by atoms with Gasteiger partial charge in [0.05, 0.1) is 11.9 Å². The van der Waals surface area contributed by atoms with Gasteiger partial charge in [-0.1, -0.05) is 29.8 Å². The molecule has 0 amide bonds. The molecule has 0 aliphatic heterocycles. The summed E-state index contributed by atoms with van der Waals surface area (Å²) in [6.07, 6.45) is 3.37. The van der Waals surface area contributed by atoms with Gasteiger partial charge >= 0.3 is 5.69 Å². The van der Waals surface area contributed by atoms with E-state index in [4.69, 9.17) is 16.6 Å². The summed E-state index contributed by atoms with van der Waals surface area (Å²) < 4.78 is 3.13. The molecule has 0 bridgehead atoms. The number of aryl methyl sites for hydroxylation is 2. The van der Waals surface area contributed by atoms with Gasteiger partial charge in [-0.25, -0.2) is 9.78 Å². The minimum absolute atomic E-state index is 0.235. The van der Waals surface area contributed by atoms with Crippen molar-refractivity contribution in [3.05, 3.63) is 80.3 Å². The van der Waals surface area contributed by atoms with E-state index in [2.05, 4.69) is 23.9 Å². The van der Waals surface area contributed by atoms with Crippen molar-refractivity contribution in [2.75, 3.05) is 0 Å². The maximum Gasteiger partial charge on any atom is 0.352 e. The zero-order valence-corrected chi connectivity index (χ0v) is 17.3. The van der Waals surface area contributed by atoms with E-state index in [1.54, 1.807) is 28.3 Å². The maximum absolute atomic E-state index is 13.4. The van der Waals surface area contributed by atoms with Crippen LogP contribution in [0.3, 0.4) is 0 Å². The van der Waals surface area contributed by atoms with Gasteiger partial charge in [-0.15, -0.1) is 16.4 Å². The lowest BCUT2D eigenvalue weighted by molar-refractivity contribution is 0.720. The third-order valence-electron chi connectivity index (χ3n) is 5.08. The molecule has 0 fully saturated rings. The molecule has 0 aliphatic rings. The molecule has 4 heterocycles. The van der Waals surface area contributed by atoms with Gasteiger partial charge in [0, 0.05) is 27.9 Å². The van der Waals surface area contributed by atoms with Crippen LogP contribution in [-0.4, -0.2) is 24.1 Å². The van der Waals surface area contributed by atoms with Gasteiger partial charge in [0.2, 0.25) is 0 Å². The smallest absolute Gasteiger partial charge is 0.278 e. The number of pyridine rings is 1. The zero-order chi connectivity index (χ0) is 20.1. The van der Waals surface area contributed by atoms with Gasteiger partial charge in [0.1, 0.15) is 4.83 Å². The maximum atomic E-state index is 13.4. The lowest BCUT2D eigenvalue weighted by Gasteiger charge is -2.10. The summed E-state index contributed by atoms with van der Waals surface area (Å²) in [5.74, 6) is 0.504. The third kappa shape index (κ3) is 2.85. The Morgan fingerprint density at radius 3 is 2.62 bits per heavy atom. The monoisotopic (exact) mass is 421 g/mol. The van der Waals surface area contributed by atoms with Gasteiger partial charge in [-0.3, -0.25) is 9.55 Å². The van der Waals surface area contributed by atoms with Crippen LogP contribution in [0.4, 0.5) is 0 Å². The minimum Gasteiger partial charge on any atom is -0.278 e. The van der Waals surface area contributed by atoms with Crippen LogP contribution in [0, 0.1) is 13.8 Å². The molecular weight excluding hydrogens is 406 g/mol. The molecule has 0 atom stereocenters. The molecule has 1 aromatic carbocycles. The van der Waals surface area contributed by atoms with Crippen LogP contribution in [0.15, 0.2) is 53.6 Å². The second-order valence-electron chi connectivity index (χ2n) is 6.83. The first-order valence-electron chi connectivity index (χ1n) is 9.07. The summed E-state index contributed by atoms with van der Waals surface area (Å²) in [5, 5.41) is 6.11. The fraction of sp³-hybridized carbons (Fsp3) is 0.143. The van der Waals surface area contributed by atoms with E-state index < -0.39 is 0 Å². The number of nitrogens with zero attached hydrogens (tertiary/aromatic N) is 5.